The monoisotopic (exact) mass is 446 g/mol. The summed E-state index contributed by atoms with van der Waals surface area (Å²) in [6.45, 7) is 11.0. The summed E-state index contributed by atoms with van der Waals surface area (Å²) >= 11 is 0. The van der Waals surface area contributed by atoms with Gasteiger partial charge in [-0.05, 0) is 94.1 Å². The molecule has 1 N–H and O–H groups in total. The Balaban J connectivity index is 1.50. The summed E-state index contributed by atoms with van der Waals surface area (Å²) in [4.78, 5) is 2.48. The summed E-state index contributed by atoms with van der Waals surface area (Å²) in [5.41, 5.74) is 8.43. The summed E-state index contributed by atoms with van der Waals surface area (Å²) in [6, 6.07) is 5.80. The van der Waals surface area contributed by atoms with Crippen LogP contribution < -0.4 is 10.2 Å². The van der Waals surface area contributed by atoms with E-state index in [2.05, 4.69) is 59.9 Å². The van der Waals surface area contributed by atoms with E-state index in [-0.39, 0.29) is 0 Å². The van der Waals surface area contributed by atoms with E-state index in [0.29, 0.717) is 12.1 Å². The highest BCUT2D eigenvalue weighted by Gasteiger charge is 2.28. The molecule has 4 heteroatoms. The molecule has 0 bridgehead atoms. The standard InChI is InChI=1S/C29H42N4/c1-21(2)33-22(3)9-11-28-27(12-10-23-7-5-4-6-8-23)26(13-14-29(28)33)24-19-31-32(20-24)25-15-17-30-18-16-25/h13-14,19-20,22-23,25,30H,1,4-12,15-18H2,2-3H3/t22-/m0/s1. The average molecular weight is 447 g/mol. The molecule has 1 atom stereocenters. The van der Waals surface area contributed by atoms with Crippen LogP contribution in [0.15, 0.2) is 36.8 Å². The minimum atomic E-state index is 0.523. The first-order valence-electron chi connectivity index (χ1n) is 13.5. The summed E-state index contributed by atoms with van der Waals surface area (Å²) in [5, 5.41) is 8.32. The SMILES string of the molecule is C=C(C)N1c2ccc(-c3cnn(C4CCNCC4)c3)c(CCC3CCCCC3)c2CC[C@@H]1C. The van der Waals surface area contributed by atoms with Crippen LogP contribution in [-0.2, 0) is 12.8 Å². The first-order valence-corrected chi connectivity index (χ1v) is 13.5. The van der Waals surface area contributed by atoms with Crippen molar-refractivity contribution < 1.29 is 0 Å². The zero-order valence-electron chi connectivity index (χ0n) is 20.8. The molecule has 0 spiro atoms. The number of aromatic nitrogens is 2. The van der Waals surface area contributed by atoms with Crippen molar-refractivity contribution in [2.45, 2.75) is 96.6 Å². The highest BCUT2D eigenvalue weighted by molar-refractivity contribution is 5.75. The summed E-state index contributed by atoms with van der Waals surface area (Å²) in [5.74, 6) is 0.902. The second-order valence-electron chi connectivity index (χ2n) is 10.8. The van der Waals surface area contributed by atoms with E-state index < -0.39 is 0 Å². The molecule has 1 aliphatic carbocycles. The lowest BCUT2D eigenvalue weighted by Gasteiger charge is -2.39. The number of benzene rings is 1. The van der Waals surface area contributed by atoms with Gasteiger partial charge in [0.05, 0.1) is 12.2 Å². The number of piperidine rings is 1. The van der Waals surface area contributed by atoms with Gasteiger partial charge in [-0.1, -0.05) is 44.7 Å². The van der Waals surface area contributed by atoms with E-state index in [1.54, 1.807) is 11.1 Å². The first-order chi connectivity index (χ1) is 16.1. The van der Waals surface area contributed by atoms with Crippen molar-refractivity contribution in [1.29, 1.82) is 0 Å². The lowest BCUT2D eigenvalue weighted by Crippen LogP contribution is -2.36. The van der Waals surface area contributed by atoms with Gasteiger partial charge in [-0.15, -0.1) is 0 Å². The topological polar surface area (TPSA) is 33.1 Å². The molecule has 1 saturated heterocycles. The van der Waals surface area contributed by atoms with Crippen LogP contribution in [0.25, 0.3) is 11.1 Å². The number of allylic oxidation sites excluding steroid dienone is 1. The van der Waals surface area contributed by atoms with Gasteiger partial charge < -0.3 is 10.2 Å². The van der Waals surface area contributed by atoms with Crippen LogP contribution in [0.4, 0.5) is 5.69 Å². The van der Waals surface area contributed by atoms with Gasteiger partial charge in [-0.2, -0.15) is 5.10 Å². The van der Waals surface area contributed by atoms with Crippen molar-refractivity contribution in [1.82, 2.24) is 15.1 Å². The molecule has 1 saturated carbocycles. The molecule has 1 aromatic heterocycles. The van der Waals surface area contributed by atoms with E-state index >= 15 is 0 Å². The fourth-order valence-corrected chi connectivity index (χ4v) is 6.62. The lowest BCUT2D eigenvalue weighted by molar-refractivity contribution is 0.339. The Kier molecular flexibility index (Phi) is 6.91. The average Bonchev–Trinajstić information content (AvgIpc) is 3.33. The van der Waals surface area contributed by atoms with Gasteiger partial charge in [0.1, 0.15) is 0 Å². The Labute approximate surface area is 200 Å². The van der Waals surface area contributed by atoms with Crippen molar-refractivity contribution >= 4 is 5.69 Å². The molecule has 3 aliphatic rings. The van der Waals surface area contributed by atoms with Crippen molar-refractivity contribution in [3.63, 3.8) is 0 Å². The zero-order valence-corrected chi connectivity index (χ0v) is 20.8. The van der Waals surface area contributed by atoms with Crippen molar-refractivity contribution in [2.24, 2.45) is 5.92 Å². The van der Waals surface area contributed by atoms with Crippen LogP contribution in [0.5, 0.6) is 0 Å². The maximum absolute atomic E-state index is 4.84. The van der Waals surface area contributed by atoms with Crippen molar-refractivity contribution in [3.05, 3.63) is 47.9 Å². The summed E-state index contributed by atoms with van der Waals surface area (Å²) in [6.07, 6.45) is 18.8. The Bertz CT molecular complexity index is 962. The van der Waals surface area contributed by atoms with Crippen LogP contribution in [0.1, 0.15) is 88.8 Å². The molecule has 2 aliphatic heterocycles. The predicted octanol–water partition coefficient (Wildman–Crippen LogP) is 6.66. The number of hydrogen-bond acceptors (Lipinski definition) is 3. The molecule has 178 valence electrons. The van der Waals surface area contributed by atoms with Crippen LogP contribution in [0.2, 0.25) is 0 Å². The lowest BCUT2D eigenvalue weighted by atomic mass is 9.81. The normalized spacial score (nSPS) is 22.4. The maximum atomic E-state index is 4.84. The third-order valence-corrected chi connectivity index (χ3v) is 8.45. The van der Waals surface area contributed by atoms with E-state index in [1.165, 1.54) is 87.4 Å². The van der Waals surface area contributed by atoms with Crippen LogP contribution in [0, 0.1) is 5.92 Å². The molecule has 2 fully saturated rings. The molecular weight excluding hydrogens is 404 g/mol. The smallest absolute Gasteiger partial charge is 0.0568 e. The van der Waals surface area contributed by atoms with Gasteiger partial charge in [0.15, 0.2) is 0 Å². The molecule has 3 heterocycles. The minimum absolute atomic E-state index is 0.523. The van der Waals surface area contributed by atoms with Crippen LogP contribution >= 0.6 is 0 Å². The highest BCUT2D eigenvalue weighted by atomic mass is 15.3. The molecule has 4 nitrogen and oxygen atoms in total. The first kappa shape index (κ1) is 22.7. The van der Waals surface area contributed by atoms with E-state index in [0.717, 1.165) is 24.7 Å². The molecule has 0 radical (unpaired) electrons. The Morgan fingerprint density at radius 1 is 1.09 bits per heavy atom. The molecular formula is C29H42N4. The molecule has 0 amide bonds. The van der Waals surface area contributed by atoms with Gasteiger partial charge in [0.2, 0.25) is 0 Å². The van der Waals surface area contributed by atoms with Gasteiger partial charge >= 0.3 is 0 Å². The third kappa shape index (κ3) is 4.77. The molecule has 33 heavy (non-hydrogen) atoms. The summed E-state index contributed by atoms with van der Waals surface area (Å²) in [7, 11) is 0. The van der Waals surface area contributed by atoms with Crippen LogP contribution in [-0.4, -0.2) is 28.9 Å². The number of nitrogens with one attached hydrogen (secondary N) is 1. The molecule has 0 unspecified atom stereocenters. The molecule has 1 aromatic carbocycles. The third-order valence-electron chi connectivity index (χ3n) is 8.45. The summed E-state index contributed by atoms with van der Waals surface area (Å²) < 4.78 is 2.24. The van der Waals surface area contributed by atoms with E-state index in [4.69, 9.17) is 5.10 Å². The number of fused-ring (bicyclic) bond motifs is 1. The predicted molar refractivity (Wildman–Crippen MR) is 139 cm³/mol. The van der Waals surface area contributed by atoms with Gasteiger partial charge in [-0.3, -0.25) is 4.68 Å². The van der Waals surface area contributed by atoms with E-state index in [1.807, 2.05) is 0 Å². The molecule has 5 rings (SSSR count). The van der Waals surface area contributed by atoms with Crippen molar-refractivity contribution in [2.75, 3.05) is 18.0 Å². The Morgan fingerprint density at radius 3 is 2.64 bits per heavy atom. The Hall–Kier alpha value is -2.07. The highest BCUT2D eigenvalue weighted by Crippen LogP contribution is 2.41. The van der Waals surface area contributed by atoms with E-state index in [9.17, 15) is 0 Å². The van der Waals surface area contributed by atoms with Crippen LogP contribution in [0.3, 0.4) is 0 Å². The minimum Gasteiger partial charge on any atom is -0.343 e. The second-order valence-corrected chi connectivity index (χ2v) is 10.8. The second kappa shape index (κ2) is 10.0. The number of hydrogen-bond donors (Lipinski definition) is 1. The zero-order chi connectivity index (χ0) is 22.8. The fourth-order valence-electron chi connectivity index (χ4n) is 6.62. The maximum Gasteiger partial charge on any atom is 0.0568 e. The fraction of sp³-hybridized carbons (Fsp3) is 0.621. The van der Waals surface area contributed by atoms with Gasteiger partial charge in [0.25, 0.3) is 0 Å². The number of rotatable bonds is 6. The molecule has 2 aromatic rings. The number of anilines is 1. The quantitative estimate of drug-likeness (QED) is 0.538. The van der Waals surface area contributed by atoms with Gasteiger partial charge in [-0.25, -0.2) is 0 Å². The Morgan fingerprint density at radius 2 is 1.88 bits per heavy atom. The largest absolute Gasteiger partial charge is 0.343 e. The van der Waals surface area contributed by atoms with Gasteiger partial charge in [0, 0.05) is 29.2 Å². The van der Waals surface area contributed by atoms with Crippen molar-refractivity contribution in [3.8, 4) is 11.1 Å². The number of nitrogens with zero attached hydrogens (tertiary/aromatic N) is 3.